The first-order valence-electron chi connectivity index (χ1n) is 20.5. The quantitative estimate of drug-likeness (QED) is 0.153. The van der Waals surface area contributed by atoms with Crippen LogP contribution in [0.25, 0.3) is 88.3 Å². The number of nitrogens with zero attached hydrogens (tertiary/aromatic N) is 1. The van der Waals surface area contributed by atoms with E-state index in [2.05, 4.69) is 241 Å². The molecular formula is C58H39NO. The number of hydrogen-bond donors (Lipinski definition) is 0. The van der Waals surface area contributed by atoms with Gasteiger partial charge in [0.2, 0.25) is 0 Å². The summed E-state index contributed by atoms with van der Waals surface area (Å²) in [5, 5.41) is 4.61. The molecular weight excluding hydrogens is 727 g/mol. The standard InChI is InChI=1S/C58H39NO/c1-4-15-40(16-5-1)44-23-14-24-50(35-44)59(49-31-27-41(28-32-49)47-29-33-51(42-17-6-2-7-18-42)53(36-47)43-19-8-3-9-20-43)56-26-13-12-25-52(56)48-30-34-57-54(38-48)55-37-45-21-10-11-22-46(45)39-58(55)60-57/h1-39H. The van der Waals surface area contributed by atoms with Gasteiger partial charge in [-0.05, 0) is 122 Å². The second kappa shape index (κ2) is 15.1. The summed E-state index contributed by atoms with van der Waals surface area (Å²) in [5.41, 5.74) is 16.8. The summed E-state index contributed by atoms with van der Waals surface area (Å²) in [6.07, 6.45) is 0. The third kappa shape index (κ3) is 6.51. The van der Waals surface area contributed by atoms with Crippen LogP contribution in [-0.2, 0) is 0 Å². The molecule has 0 amide bonds. The van der Waals surface area contributed by atoms with Gasteiger partial charge < -0.3 is 9.32 Å². The molecule has 11 rings (SSSR count). The summed E-state index contributed by atoms with van der Waals surface area (Å²) in [7, 11) is 0. The first-order valence-corrected chi connectivity index (χ1v) is 20.5. The van der Waals surface area contributed by atoms with Gasteiger partial charge in [-0.15, -0.1) is 0 Å². The lowest BCUT2D eigenvalue weighted by atomic mass is 9.91. The van der Waals surface area contributed by atoms with Crippen LogP contribution < -0.4 is 4.90 Å². The predicted octanol–water partition coefficient (Wildman–Crippen LogP) is 16.5. The average Bonchev–Trinajstić information content (AvgIpc) is 3.68. The number of anilines is 3. The van der Waals surface area contributed by atoms with Gasteiger partial charge in [-0.3, -0.25) is 0 Å². The van der Waals surface area contributed by atoms with Gasteiger partial charge in [0, 0.05) is 27.7 Å². The van der Waals surface area contributed by atoms with Crippen LogP contribution in [0.15, 0.2) is 241 Å². The summed E-state index contributed by atoms with van der Waals surface area (Å²) in [6.45, 7) is 0. The van der Waals surface area contributed by atoms with Crippen LogP contribution in [0.5, 0.6) is 0 Å². The molecule has 0 N–H and O–H groups in total. The molecule has 0 saturated heterocycles. The zero-order valence-corrected chi connectivity index (χ0v) is 32.9. The second-order valence-corrected chi connectivity index (χ2v) is 15.3. The molecule has 11 aromatic rings. The Balaban J connectivity index is 1.04. The van der Waals surface area contributed by atoms with Crippen molar-refractivity contribution in [1.29, 1.82) is 0 Å². The fraction of sp³-hybridized carbons (Fsp3) is 0. The Bertz CT molecular complexity index is 3290. The minimum absolute atomic E-state index is 0.886. The van der Waals surface area contributed by atoms with E-state index >= 15 is 0 Å². The Kier molecular flexibility index (Phi) is 8.87. The molecule has 282 valence electrons. The van der Waals surface area contributed by atoms with Gasteiger partial charge in [0.05, 0.1) is 5.69 Å². The van der Waals surface area contributed by atoms with Crippen LogP contribution in [0.2, 0.25) is 0 Å². The van der Waals surface area contributed by atoms with Crippen molar-refractivity contribution < 1.29 is 4.42 Å². The van der Waals surface area contributed by atoms with E-state index in [-0.39, 0.29) is 0 Å². The van der Waals surface area contributed by atoms with Crippen molar-refractivity contribution in [3.05, 3.63) is 237 Å². The summed E-state index contributed by atoms with van der Waals surface area (Å²) in [4.78, 5) is 2.39. The highest BCUT2D eigenvalue weighted by Crippen LogP contribution is 2.44. The molecule has 0 atom stereocenters. The van der Waals surface area contributed by atoms with Crippen LogP contribution in [-0.4, -0.2) is 0 Å². The smallest absolute Gasteiger partial charge is 0.136 e. The molecule has 0 aliphatic rings. The Morgan fingerprint density at radius 1 is 0.267 bits per heavy atom. The maximum Gasteiger partial charge on any atom is 0.136 e. The maximum atomic E-state index is 6.42. The largest absolute Gasteiger partial charge is 0.456 e. The molecule has 60 heavy (non-hydrogen) atoms. The summed E-state index contributed by atoms with van der Waals surface area (Å²) in [5.74, 6) is 0. The normalized spacial score (nSPS) is 11.3. The van der Waals surface area contributed by atoms with Gasteiger partial charge in [-0.1, -0.05) is 176 Å². The molecule has 0 radical (unpaired) electrons. The molecule has 0 aliphatic heterocycles. The first kappa shape index (κ1) is 35.2. The molecule has 2 nitrogen and oxygen atoms in total. The zero-order valence-electron chi connectivity index (χ0n) is 32.9. The fourth-order valence-corrected chi connectivity index (χ4v) is 8.68. The van der Waals surface area contributed by atoms with Gasteiger partial charge in [-0.25, -0.2) is 0 Å². The lowest BCUT2D eigenvalue weighted by Gasteiger charge is -2.28. The Morgan fingerprint density at radius 2 is 0.817 bits per heavy atom. The Labute approximate surface area is 349 Å². The van der Waals surface area contributed by atoms with Crippen molar-refractivity contribution in [2.24, 2.45) is 0 Å². The number of para-hydroxylation sites is 1. The molecule has 0 bridgehead atoms. The fourth-order valence-electron chi connectivity index (χ4n) is 8.68. The maximum absolute atomic E-state index is 6.42. The SMILES string of the molecule is c1ccc(-c2cccc(N(c3ccc(-c4ccc(-c5ccccc5)c(-c5ccccc5)c4)cc3)c3ccccc3-c3ccc4oc5cc6ccccc6cc5c4c3)c2)cc1. The van der Waals surface area contributed by atoms with Crippen molar-refractivity contribution >= 4 is 49.8 Å². The van der Waals surface area contributed by atoms with E-state index in [0.29, 0.717) is 0 Å². The highest BCUT2D eigenvalue weighted by molar-refractivity contribution is 6.11. The van der Waals surface area contributed by atoms with Crippen LogP contribution in [0.1, 0.15) is 0 Å². The van der Waals surface area contributed by atoms with Crippen LogP contribution in [0.4, 0.5) is 17.1 Å². The van der Waals surface area contributed by atoms with E-state index in [1.54, 1.807) is 0 Å². The minimum atomic E-state index is 0.886. The predicted molar refractivity (Wildman–Crippen MR) is 253 cm³/mol. The number of hydrogen-bond acceptors (Lipinski definition) is 2. The lowest BCUT2D eigenvalue weighted by molar-refractivity contribution is 0.669. The van der Waals surface area contributed by atoms with Crippen molar-refractivity contribution in [3.63, 3.8) is 0 Å². The number of fused-ring (bicyclic) bond motifs is 4. The van der Waals surface area contributed by atoms with Gasteiger partial charge >= 0.3 is 0 Å². The van der Waals surface area contributed by atoms with E-state index in [1.165, 1.54) is 44.2 Å². The van der Waals surface area contributed by atoms with Crippen LogP contribution in [0.3, 0.4) is 0 Å². The molecule has 1 heterocycles. The first-order chi connectivity index (χ1) is 29.7. The Morgan fingerprint density at radius 3 is 1.57 bits per heavy atom. The molecule has 2 heteroatoms. The molecule has 0 spiro atoms. The molecule has 1 aromatic heterocycles. The highest BCUT2D eigenvalue weighted by atomic mass is 16.3. The van der Waals surface area contributed by atoms with Crippen LogP contribution >= 0.6 is 0 Å². The van der Waals surface area contributed by atoms with Crippen molar-refractivity contribution in [1.82, 2.24) is 0 Å². The molecule has 0 unspecified atom stereocenters. The van der Waals surface area contributed by atoms with Crippen LogP contribution in [0, 0.1) is 0 Å². The highest BCUT2D eigenvalue weighted by Gasteiger charge is 2.20. The van der Waals surface area contributed by atoms with Crippen molar-refractivity contribution in [3.8, 4) is 55.6 Å². The number of furan rings is 1. The second-order valence-electron chi connectivity index (χ2n) is 15.3. The summed E-state index contributed by atoms with van der Waals surface area (Å²) >= 11 is 0. The summed E-state index contributed by atoms with van der Waals surface area (Å²) in [6, 6.07) is 84.9. The number of benzene rings is 10. The molecule has 0 aliphatic carbocycles. The van der Waals surface area contributed by atoms with Crippen molar-refractivity contribution in [2.45, 2.75) is 0 Å². The molecule has 0 fully saturated rings. The van der Waals surface area contributed by atoms with Gasteiger partial charge in [0.25, 0.3) is 0 Å². The lowest BCUT2D eigenvalue weighted by Crippen LogP contribution is -2.11. The number of rotatable bonds is 8. The van der Waals surface area contributed by atoms with Gasteiger partial charge in [0.1, 0.15) is 11.2 Å². The molecule has 10 aromatic carbocycles. The topological polar surface area (TPSA) is 16.4 Å². The van der Waals surface area contributed by atoms with E-state index in [9.17, 15) is 0 Å². The molecule has 0 saturated carbocycles. The van der Waals surface area contributed by atoms with Gasteiger partial charge in [-0.2, -0.15) is 0 Å². The van der Waals surface area contributed by atoms with Gasteiger partial charge in [0.15, 0.2) is 0 Å². The van der Waals surface area contributed by atoms with E-state index in [0.717, 1.165) is 61.3 Å². The summed E-state index contributed by atoms with van der Waals surface area (Å²) < 4.78 is 6.42. The zero-order chi connectivity index (χ0) is 39.8. The average molecular weight is 766 g/mol. The third-order valence-electron chi connectivity index (χ3n) is 11.7. The van der Waals surface area contributed by atoms with Crippen molar-refractivity contribution in [2.75, 3.05) is 4.90 Å². The Hall–Kier alpha value is -7.94. The monoisotopic (exact) mass is 765 g/mol. The minimum Gasteiger partial charge on any atom is -0.456 e. The third-order valence-corrected chi connectivity index (χ3v) is 11.7. The van der Waals surface area contributed by atoms with E-state index in [1.807, 2.05) is 0 Å². The van der Waals surface area contributed by atoms with E-state index in [4.69, 9.17) is 4.42 Å². The van der Waals surface area contributed by atoms with E-state index < -0.39 is 0 Å².